The highest BCUT2D eigenvalue weighted by Crippen LogP contribution is 2.29. The molecule has 1 aromatic carbocycles. The maximum atomic E-state index is 14.1. The summed E-state index contributed by atoms with van der Waals surface area (Å²) in [5, 5.41) is 0. The number of rotatable bonds is 3. The fraction of sp³-hybridized carbons (Fsp3) is 0.533. The number of benzene rings is 1. The molecule has 2 nitrogen and oxygen atoms in total. The van der Waals surface area contributed by atoms with Crippen molar-refractivity contribution in [2.24, 2.45) is 0 Å². The lowest BCUT2D eigenvalue weighted by molar-refractivity contribution is 0.101. The van der Waals surface area contributed by atoms with E-state index in [0.717, 1.165) is 25.8 Å². The van der Waals surface area contributed by atoms with Crippen molar-refractivity contribution in [2.75, 3.05) is 11.4 Å². The summed E-state index contributed by atoms with van der Waals surface area (Å²) in [5.41, 5.74) is 1.09. The zero-order valence-electron chi connectivity index (χ0n) is 11.1. The number of piperidine rings is 1. The molecule has 1 fully saturated rings. The molecule has 0 aromatic heterocycles. The lowest BCUT2D eigenvalue weighted by Crippen LogP contribution is -2.39. The van der Waals surface area contributed by atoms with Crippen molar-refractivity contribution in [2.45, 2.75) is 45.6 Å². The van der Waals surface area contributed by atoms with E-state index in [2.05, 4.69) is 11.8 Å². The van der Waals surface area contributed by atoms with Gasteiger partial charge in [-0.25, -0.2) is 4.39 Å². The highest BCUT2D eigenvalue weighted by molar-refractivity contribution is 5.94. The highest BCUT2D eigenvalue weighted by Gasteiger charge is 2.23. The Labute approximate surface area is 108 Å². The number of hydrogen-bond donors (Lipinski definition) is 0. The van der Waals surface area contributed by atoms with Crippen LogP contribution in [0.1, 0.15) is 49.9 Å². The molecule has 0 bridgehead atoms. The first kappa shape index (κ1) is 13.1. The Kier molecular flexibility index (Phi) is 4.00. The molecule has 0 spiro atoms. The molecule has 1 aromatic rings. The number of halogens is 1. The first-order valence-corrected chi connectivity index (χ1v) is 6.70. The summed E-state index contributed by atoms with van der Waals surface area (Å²) in [6.07, 6.45) is 4.50. The number of ketones is 1. The highest BCUT2D eigenvalue weighted by atomic mass is 19.1. The van der Waals surface area contributed by atoms with Crippen LogP contribution in [0.25, 0.3) is 0 Å². The summed E-state index contributed by atoms with van der Waals surface area (Å²) < 4.78 is 14.1. The fourth-order valence-electron chi connectivity index (χ4n) is 2.70. The van der Waals surface area contributed by atoms with E-state index < -0.39 is 0 Å². The average Bonchev–Trinajstić information content (AvgIpc) is 2.38. The molecule has 2 rings (SSSR count). The molecule has 1 aliphatic rings. The summed E-state index contributed by atoms with van der Waals surface area (Å²) in [7, 11) is 0. The van der Waals surface area contributed by atoms with Gasteiger partial charge in [0.15, 0.2) is 5.78 Å². The van der Waals surface area contributed by atoms with Crippen LogP contribution in [0.2, 0.25) is 0 Å². The molecule has 0 saturated carbocycles. The molecule has 18 heavy (non-hydrogen) atoms. The van der Waals surface area contributed by atoms with Crippen LogP contribution in [-0.2, 0) is 0 Å². The molecule has 3 heteroatoms. The minimum Gasteiger partial charge on any atom is -0.366 e. The Hall–Kier alpha value is -1.38. The van der Waals surface area contributed by atoms with Gasteiger partial charge in [-0.3, -0.25) is 4.79 Å². The second-order valence-electron chi connectivity index (χ2n) is 4.97. The molecule has 0 radical (unpaired) electrons. The van der Waals surface area contributed by atoms with E-state index in [0.29, 0.717) is 17.3 Å². The monoisotopic (exact) mass is 249 g/mol. The maximum Gasteiger partial charge on any atom is 0.159 e. The van der Waals surface area contributed by atoms with Gasteiger partial charge < -0.3 is 4.90 Å². The number of carbonyl (C=O) groups excluding carboxylic acids is 1. The van der Waals surface area contributed by atoms with Crippen molar-refractivity contribution in [3.63, 3.8) is 0 Å². The van der Waals surface area contributed by atoms with Gasteiger partial charge in [-0.2, -0.15) is 0 Å². The van der Waals surface area contributed by atoms with Gasteiger partial charge in [0, 0.05) is 18.2 Å². The summed E-state index contributed by atoms with van der Waals surface area (Å²) in [6, 6.07) is 5.26. The van der Waals surface area contributed by atoms with E-state index in [1.165, 1.54) is 19.4 Å². The number of carbonyl (C=O) groups is 1. The lowest BCUT2D eigenvalue weighted by Gasteiger charge is -2.37. The van der Waals surface area contributed by atoms with Crippen molar-refractivity contribution in [1.82, 2.24) is 0 Å². The van der Waals surface area contributed by atoms with E-state index >= 15 is 0 Å². The Bertz CT molecular complexity index is 444. The Morgan fingerprint density at radius 2 is 2.22 bits per heavy atom. The van der Waals surface area contributed by atoms with E-state index in [1.54, 1.807) is 12.1 Å². The maximum absolute atomic E-state index is 14.1. The van der Waals surface area contributed by atoms with Crippen LogP contribution in [-0.4, -0.2) is 18.4 Å². The molecule has 98 valence electrons. The van der Waals surface area contributed by atoms with Gasteiger partial charge in [-0.1, -0.05) is 6.92 Å². The molecule has 0 aliphatic carbocycles. The van der Waals surface area contributed by atoms with Gasteiger partial charge in [-0.15, -0.1) is 0 Å². The molecule has 1 unspecified atom stereocenters. The van der Waals surface area contributed by atoms with E-state index in [-0.39, 0.29) is 11.6 Å². The summed E-state index contributed by atoms with van der Waals surface area (Å²) in [4.78, 5) is 13.4. The molecule has 1 aliphatic heterocycles. The standard InChI is InChI=1S/C15H20FNO/c1-3-13-6-4-5-9-17(13)15-8-7-12(11(2)18)10-14(15)16/h7-8,10,13H,3-6,9H2,1-2H3. The summed E-state index contributed by atoms with van der Waals surface area (Å²) in [5.74, 6) is -0.366. The van der Waals surface area contributed by atoms with Gasteiger partial charge in [-0.05, 0) is 50.8 Å². The van der Waals surface area contributed by atoms with Crippen LogP contribution < -0.4 is 4.90 Å². The first-order chi connectivity index (χ1) is 8.63. The quantitative estimate of drug-likeness (QED) is 0.759. The second-order valence-corrected chi connectivity index (χ2v) is 4.97. The van der Waals surface area contributed by atoms with Crippen molar-refractivity contribution >= 4 is 11.5 Å². The van der Waals surface area contributed by atoms with Gasteiger partial charge in [0.1, 0.15) is 5.82 Å². The van der Waals surface area contributed by atoms with Gasteiger partial charge in [0.2, 0.25) is 0 Å². The lowest BCUT2D eigenvalue weighted by atomic mass is 9.98. The fourth-order valence-corrected chi connectivity index (χ4v) is 2.70. The largest absolute Gasteiger partial charge is 0.366 e. The third kappa shape index (κ3) is 2.55. The van der Waals surface area contributed by atoms with E-state index in [9.17, 15) is 9.18 Å². The molecule has 0 N–H and O–H groups in total. The second kappa shape index (κ2) is 5.51. The Morgan fingerprint density at radius 1 is 1.44 bits per heavy atom. The minimum absolute atomic E-state index is 0.0915. The Morgan fingerprint density at radius 3 is 2.83 bits per heavy atom. The van der Waals surface area contributed by atoms with Crippen LogP contribution >= 0.6 is 0 Å². The van der Waals surface area contributed by atoms with Crippen molar-refractivity contribution in [1.29, 1.82) is 0 Å². The number of Topliss-reactive ketones (excluding diaryl/α,β-unsaturated/α-hetero) is 1. The number of nitrogens with zero attached hydrogens (tertiary/aromatic N) is 1. The van der Waals surface area contributed by atoms with Gasteiger partial charge >= 0.3 is 0 Å². The van der Waals surface area contributed by atoms with Crippen molar-refractivity contribution in [3.8, 4) is 0 Å². The van der Waals surface area contributed by atoms with Crippen LogP contribution in [0.5, 0.6) is 0 Å². The molecule has 1 heterocycles. The normalized spacial score (nSPS) is 19.9. The third-order valence-corrected chi connectivity index (χ3v) is 3.76. The predicted octanol–water partition coefficient (Wildman–Crippen LogP) is 3.80. The zero-order chi connectivity index (χ0) is 13.1. The summed E-state index contributed by atoms with van der Waals surface area (Å²) in [6.45, 7) is 4.52. The molecule has 1 atom stereocenters. The first-order valence-electron chi connectivity index (χ1n) is 6.70. The Balaban J connectivity index is 2.29. The number of hydrogen-bond acceptors (Lipinski definition) is 2. The van der Waals surface area contributed by atoms with Crippen molar-refractivity contribution in [3.05, 3.63) is 29.6 Å². The van der Waals surface area contributed by atoms with Gasteiger partial charge in [0.25, 0.3) is 0 Å². The predicted molar refractivity (Wildman–Crippen MR) is 71.7 cm³/mol. The third-order valence-electron chi connectivity index (χ3n) is 3.76. The van der Waals surface area contributed by atoms with Crippen LogP contribution in [0.3, 0.4) is 0 Å². The SMILES string of the molecule is CCC1CCCCN1c1ccc(C(C)=O)cc1F. The molecule has 1 saturated heterocycles. The molecular formula is C15H20FNO. The topological polar surface area (TPSA) is 20.3 Å². The smallest absolute Gasteiger partial charge is 0.159 e. The van der Waals surface area contributed by atoms with Crippen LogP contribution in [0, 0.1) is 5.82 Å². The average molecular weight is 249 g/mol. The van der Waals surface area contributed by atoms with Crippen LogP contribution in [0.15, 0.2) is 18.2 Å². The van der Waals surface area contributed by atoms with Gasteiger partial charge in [0.05, 0.1) is 5.69 Å². The van der Waals surface area contributed by atoms with Crippen LogP contribution in [0.4, 0.5) is 10.1 Å². The zero-order valence-corrected chi connectivity index (χ0v) is 11.1. The number of anilines is 1. The molecular weight excluding hydrogens is 229 g/mol. The van der Waals surface area contributed by atoms with Crippen molar-refractivity contribution < 1.29 is 9.18 Å². The summed E-state index contributed by atoms with van der Waals surface area (Å²) >= 11 is 0. The minimum atomic E-state index is -0.275. The van der Waals surface area contributed by atoms with E-state index in [1.807, 2.05) is 0 Å². The van der Waals surface area contributed by atoms with E-state index in [4.69, 9.17) is 0 Å². The molecule has 0 amide bonds.